The standard InChI is InChI=1S/C13H18N2O4/c1-13(2,7-12(18)19)6-10(16)14-9-4-5-11(17)15(3)8-9/h4-5,8H,6-7H2,1-3H3,(H,14,16)(H,18,19). The van der Waals surface area contributed by atoms with Gasteiger partial charge >= 0.3 is 5.97 Å². The number of aromatic nitrogens is 1. The van der Waals surface area contributed by atoms with E-state index < -0.39 is 11.4 Å². The molecule has 1 rings (SSSR count). The molecule has 0 bridgehead atoms. The van der Waals surface area contributed by atoms with Crippen molar-refractivity contribution in [3.05, 3.63) is 28.7 Å². The number of nitrogens with one attached hydrogen (secondary N) is 1. The first-order chi connectivity index (χ1) is 8.69. The topological polar surface area (TPSA) is 88.4 Å². The van der Waals surface area contributed by atoms with Crippen molar-refractivity contribution < 1.29 is 14.7 Å². The van der Waals surface area contributed by atoms with E-state index in [1.807, 2.05) is 0 Å². The smallest absolute Gasteiger partial charge is 0.303 e. The van der Waals surface area contributed by atoms with Gasteiger partial charge in [-0.1, -0.05) is 13.8 Å². The molecule has 1 aromatic heterocycles. The van der Waals surface area contributed by atoms with E-state index in [4.69, 9.17) is 5.11 Å². The Bertz CT molecular complexity index is 546. The van der Waals surface area contributed by atoms with E-state index >= 15 is 0 Å². The van der Waals surface area contributed by atoms with Gasteiger partial charge < -0.3 is 15.0 Å². The summed E-state index contributed by atoms with van der Waals surface area (Å²) in [7, 11) is 1.59. The number of nitrogens with zero attached hydrogens (tertiary/aromatic N) is 1. The van der Waals surface area contributed by atoms with E-state index in [1.54, 1.807) is 20.9 Å². The summed E-state index contributed by atoms with van der Waals surface area (Å²) in [5.74, 6) is -1.20. The Hall–Kier alpha value is -2.11. The molecule has 0 aromatic carbocycles. The van der Waals surface area contributed by atoms with Crippen molar-refractivity contribution >= 4 is 17.6 Å². The summed E-state index contributed by atoms with van der Waals surface area (Å²) in [5, 5.41) is 11.4. The number of hydrogen-bond donors (Lipinski definition) is 2. The number of carbonyl (C=O) groups excluding carboxylic acids is 1. The number of carboxylic acid groups (broad SMARTS) is 1. The lowest BCUT2D eigenvalue weighted by Gasteiger charge is -2.21. The fourth-order valence-electron chi connectivity index (χ4n) is 1.78. The highest BCUT2D eigenvalue weighted by molar-refractivity contribution is 5.91. The van der Waals surface area contributed by atoms with Crippen molar-refractivity contribution in [1.29, 1.82) is 0 Å². The van der Waals surface area contributed by atoms with Gasteiger partial charge in [-0.2, -0.15) is 0 Å². The van der Waals surface area contributed by atoms with Crippen LogP contribution in [0.2, 0.25) is 0 Å². The zero-order valence-corrected chi connectivity index (χ0v) is 11.3. The zero-order valence-electron chi connectivity index (χ0n) is 11.3. The molecule has 1 heterocycles. The van der Waals surface area contributed by atoms with Crippen molar-refractivity contribution in [1.82, 2.24) is 4.57 Å². The lowest BCUT2D eigenvalue weighted by atomic mass is 9.85. The van der Waals surface area contributed by atoms with Crippen LogP contribution in [0.5, 0.6) is 0 Å². The fourth-order valence-corrected chi connectivity index (χ4v) is 1.78. The van der Waals surface area contributed by atoms with Crippen LogP contribution in [0.1, 0.15) is 26.7 Å². The normalized spacial score (nSPS) is 11.1. The van der Waals surface area contributed by atoms with Crippen LogP contribution in [0.3, 0.4) is 0 Å². The summed E-state index contributed by atoms with van der Waals surface area (Å²) in [5.41, 5.74) is -0.265. The van der Waals surface area contributed by atoms with Gasteiger partial charge in [-0.15, -0.1) is 0 Å². The predicted molar refractivity (Wildman–Crippen MR) is 71.0 cm³/mol. The molecule has 2 N–H and O–H groups in total. The maximum Gasteiger partial charge on any atom is 0.303 e. The maximum atomic E-state index is 11.8. The molecular weight excluding hydrogens is 248 g/mol. The number of rotatable bonds is 5. The first-order valence-electron chi connectivity index (χ1n) is 5.88. The van der Waals surface area contributed by atoms with Crippen molar-refractivity contribution in [2.45, 2.75) is 26.7 Å². The van der Waals surface area contributed by atoms with Gasteiger partial charge in [0, 0.05) is 25.7 Å². The predicted octanol–water partition coefficient (Wildman–Crippen LogP) is 1.21. The SMILES string of the molecule is Cn1cc(NC(=O)CC(C)(C)CC(=O)O)ccc1=O. The quantitative estimate of drug-likeness (QED) is 0.838. The number of anilines is 1. The van der Waals surface area contributed by atoms with Gasteiger partial charge in [0.2, 0.25) is 11.5 Å². The third-order valence-electron chi connectivity index (χ3n) is 2.64. The highest BCUT2D eigenvalue weighted by Gasteiger charge is 2.25. The van der Waals surface area contributed by atoms with Gasteiger partial charge in [0.1, 0.15) is 0 Å². The number of aliphatic carboxylic acids is 1. The minimum atomic E-state index is -0.931. The number of amides is 1. The minimum Gasteiger partial charge on any atom is -0.481 e. The van der Waals surface area contributed by atoms with Crippen molar-refractivity contribution in [3.8, 4) is 0 Å². The first kappa shape index (κ1) is 14.9. The van der Waals surface area contributed by atoms with Crippen LogP contribution < -0.4 is 10.9 Å². The van der Waals surface area contributed by atoms with Crippen molar-refractivity contribution in [2.24, 2.45) is 12.5 Å². The van der Waals surface area contributed by atoms with Crippen molar-refractivity contribution in [2.75, 3.05) is 5.32 Å². The molecule has 0 saturated carbocycles. The molecule has 1 aromatic rings. The summed E-state index contributed by atoms with van der Waals surface area (Å²) in [4.78, 5) is 33.7. The molecule has 0 aliphatic heterocycles. The lowest BCUT2D eigenvalue weighted by molar-refractivity contribution is -0.139. The summed E-state index contributed by atoms with van der Waals surface area (Å²) in [6.07, 6.45) is 1.54. The molecular formula is C13H18N2O4. The largest absolute Gasteiger partial charge is 0.481 e. The number of aryl methyl sites for hydroxylation is 1. The second-order valence-electron chi connectivity index (χ2n) is 5.33. The Morgan fingerprint density at radius 3 is 2.47 bits per heavy atom. The average molecular weight is 266 g/mol. The second-order valence-corrected chi connectivity index (χ2v) is 5.33. The Labute approximate surface area is 111 Å². The Morgan fingerprint density at radius 2 is 1.95 bits per heavy atom. The molecule has 0 aliphatic rings. The molecule has 0 saturated heterocycles. The third kappa shape index (κ3) is 4.95. The average Bonchev–Trinajstić information content (AvgIpc) is 2.20. The molecule has 0 atom stereocenters. The molecule has 0 aliphatic carbocycles. The Kier molecular flexibility index (Phi) is 4.47. The highest BCUT2D eigenvalue weighted by atomic mass is 16.4. The molecule has 19 heavy (non-hydrogen) atoms. The lowest BCUT2D eigenvalue weighted by Crippen LogP contribution is -2.25. The van der Waals surface area contributed by atoms with Crippen molar-refractivity contribution in [3.63, 3.8) is 0 Å². The van der Waals surface area contributed by atoms with E-state index in [0.29, 0.717) is 5.69 Å². The van der Waals surface area contributed by atoms with Gasteiger partial charge in [-0.05, 0) is 11.5 Å². The van der Waals surface area contributed by atoms with Crippen LogP contribution in [0, 0.1) is 5.41 Å². The van der Waals surface area contributed by atoms with Gasteiger partial charge in [0.15, 0.2) is 0 Å². The van der Waals surface area contributed by atoms with E-state index in [0.717, 1.165) is 0 Å². The molecule has 6 heteroatoms. The number of carboxylic acids is 1. The molecule has 104 valence electrons. The third-order valence-corrected chi connectivity index (χ3v) is 2.64. The molecule has 6 nitrogen and oxygen atoms in total. The van der Waals surface area contributed by atoms with Crippen LogP contribution >= 0.6 is 0 Å². The Balaban J connectivity index is 2.67. The van der Waals surface area contributed by atoms with Gasteiger partial charge in [0.05, 0.1) is 12.1 Å². The molecule has 0 radical (unpaired) electrons. The molecule has 0 spiro atoms. The highest BCUT2D eigenvalue weighted by Crippen LogP contribution is 2.25. The monoisotopic (exact) mass is 266 g/mol. The summed E-state index contributed by atoms with van der Waals surface area (Å²) in [6, 6.07) is 2.88. The maximum absolute atomic E-state index is 11.8. The van der Waals surface area contributed by atoms with E-state index in [-0.39, 0.29) is 24.3 Å². The van der Waals surface area contributed by atoms with Crippen LogP contribution in [0.25, 0.3) is 0 Å². The van der Waals surface area contributed by atoms with Crippen LogP contribution in [0.4, 0.5) is 5.69 Å². The van der Waals surface area contributed by atoms with Crippen LogP contribution in [0.15, 0.2) is 23.1 Å². The van der Waals surface area contributed by atoms with E-state index in [2.05, 4.69) is 5.32 Å². The fraction of sp³-hybridized carbons (Fsp3) is 0.462. The summed E-state index contributed by atoms with van der Waals surface area (Å²) < 4.78 is 1.36. The first-order valence-corrected chi connectivity index (χ1v) is 5.88. The number of carbonyl (C=O) groups is 2. The molecule has 0 unspecified atom stereocenters. The van der Waals surface area contributed by atoms with E-state index in [9.17, 15) is 14.4 Å². The minimum absolute atomic E-state index is 0.0757. The Morgan fingerprint density at radius 1 is 1.32 bits per heavy atom. The summed E-state index contributed by atoms with van der Waals surface area (Å²) in [6.45, 7) is 3.45. The number of pyridine rings is 1. The van der Waals surface area contributed by atoms with Gasteiger partial charge in [0.25, 0.3) is 0 Å². The molecule has 0 fully saturated rings. The van der Waals surface area contributed by atoms with Crippen LogP contribution in [-0.4, -0.2) is 21.6 Å². The zero-order chi connectivity index (χ0) is 14.6. The van der Waals surface area contributed by atoms with Gasteiger partial charge in [-0.3, -0.25) is 14.4 Å². The van der Waals surface area contributed by atoms with Gasteiger partial charge in [-0.25, -0.2) is 0 Å². The van der Waals surface area contributed by atoms with E-state index in [1.165, 1.54) is 22.9 Å². The molecule has 1 amide bonds. The second kappa shape index (κ2) is 5.69. The number of hydrogen-bond acceptors (Lipinski definition) is 3. The van der Waals surface area contributed by atoms with Crippen LogP contribution in [-0.2, 0) is 16.6 Å². The summed E-state index contributed by atoms with van der Waals surface area (Å²) >= 11 is 0.